The Morgan fingerprint density at radius 1 is 1.21 bits per heavy atom. The lowest BCUT2D eigenvalue weighted by molar-refractivity contribution is 0.0332. The Kier molecular flexibility index (Phi) is 7.28. The molecule has 1 aliphatic rings. The number of rotatable bonds is 8. The van der Waals surface area contributed by atoms with E-state index in [2.05, 4.69) is 62.0 Å². The van der Waals surface area contributed by atoms with Crippen LogP contribution in [0.5, 0.6) is 0 Å². The number of anilines is 1. The van der Waals surface area contributed by atoms with Gasteiger partial charge in [0.15, 0.2) is 5.69 Å². The smallest absolute Gasteiger partial charge is 0.293 e. The van der Waals surface area contributed by atoms with E-state index in [1.807, 2.05) is 19.1 Å². The molecular weight excluding hydrogens is 438 g/mol. The molecule has 3 heterocycles. The summed E-state index contributed by atoms with van der Waals surface area (Å²) in [6, 6.07) is 8.17. The minimum atomic E-state index is -0.486. The second-order valence-corrected chi connectivity index (χ2v) is 8.59. The highest BCUT2D eigenvalue weighted by molar-refractivity contribution is 6.00. The maximum atomic E-state index is 13.0. The molecule has 0 aliphatic carbocycles. The number of hydrogen-bond donors (Lipinski definition) is 2. The molecule has 0 bridgehead atoms. The number of hydrogen-bond acceptors (Lipinski definition) is 10. The molecule has 1 amide bonds. The number of nitrogen functional groups attached to an aromatic ring is 1. The van der Waals surface area contributed by atoms with Gasteiger partial charge in [0.2, 0.25) is 11.6 Å². The molecule has 0 unspecified atom stereocenters. The van der Waals surface area contributed by atoms with Gasteiger partial charge in [0.1, 0.15) is 0 Å². The van der Waals surface area contributed by atoms with Gasteiger partial charge in [0, 0.05) is 19.6 Å². The lowest BCUT2D eigenvalue weighted by Crippen LogP contribution is -2.37. The highest BCUT2D eigenvalue weighted by Crippen LogP contribution is 2.18. The molecule has 34 heavy (non-hydrogen) atoms. The standard InChI is InChI=1S/C22H29N9O3/c1-14(2)12-16-4-6-17(7-5-16)15(3)24-26-22(32)19-18(13-30-8-10-33-11-9-30)31(29-25-19)21-20(23)27-34-28-21/h4-7,14H,8-13H2,1-3H3,(H2,23,27)(H,26,32)/b24-15-. The van der Waals surface area contributed by atoms with Crippen molar-refractivity contribution in [1.82, 2.24) is 35.6 Å². The number of nitrogens with two attached hydrogens (primary N) is 1. The van der Waals surface area contributed by atoms with Gasteiger partial charge in [-0.05, 0) is 40.7 Å². The Hall–Kier alpha value is -3.64. The predicted molar refractivity (Wildman–Crippen MR) is 124 cm³/mol. The first-order valence-electron chi connectivity index (χ1n) is 11.2. The number of carbonyl (C=O) groups excluding carboxylic acids is 1. The van der Waals surface area contributed by atoms with Gasteiger partial charge in [0.05, 0.1) is 24.6 Å². The molecule has 12 nitrogen and oxygen atoms in total. The number of ether oxygens (including phenoxy) is 1. The molecule has 3 N–H and O–H groups in total. The van der Waals surface area contributed by atoms with Gasteiger partial charge >= 0.3 is 0 Å². The largest absolute Gasteiger partial charge is 0.379 e. The first kappa shape index (κ1) is 23.5. The molecule has 3 aromatic rings. The molecule has 0 spiro atoms. The monoisotopic (exact) mass is 467 g/mol. The van der Waals surface area contributed by atoms with E-state index in [0.717, 1.165) is 12.0 Å². The lowest BCUT2D eigenvalue weighted by atomic mass is 10.0. The summed E-state index contributed by atoms with van der Waals surface area (Å²) < 4.78 is 11.5. The second-order valence-electron chi connectivity index (χ2n) is 8.59. The Bertz CT molecular complexity index is 1140. The number of amides is 1. The Labute approximate surface area is 197 Å². The minimum Gasteiger partial charge on any atom is -0.379 e. The van der Waals surface area contributed by atoms with E-state index in [1.54, 1.807) is 0 Å². The first-order valence-corrected chi connectivity index (χ1v) is 11.2. The molecule has 2 aromatic heterocycles. The lowest BCUT2D eigenvalue weighted by Gasteiger charge is -2.26. The van der Waals surface area contributed by atoms with Crippen LogP contribution in [0.25, 0.3) is 5.82 Å². The van der Waals surface area contributed by atoms with Crippen molar-refractivity contribution in [3.05, 3.63) is 46.8 Å². The minimum absolute atomic E-state index is 0.0508. The van der Waals surface area contributed by atoms with E-state index < -0.39 is 5.91 Å². The molecule has 0 saturated carbocycles. The van der Waals surface area contributed by atoms with E-state index in [0.29, 0.717) is 50.2 Å². The van der Waals surface area contributed by atoms with Crippen LogP contribution in [-0.4, -0.2) is 68.1 Å². The van der Waals surface area contributed by atoms with E-state index in [4.69, 9.17) is 15.1 Å². The van der Waals surface area contributed by atoms with Gasteiger partial charge in [-0.2, -0.15) is 9.78 Å². The molecule has 1 saturated heterocycles. The summed E-state index contributed by atoms with van der Waals surface area (Å²) in [5.41, 5.74) is 11.9. The van der Waals surface area contributed by atoms with Crippen LogP contribution in [0, 0.1) is 5.92 Å². The maximum Gasteiger partial charge on any atom is 0.293 e. The second kappa shape index (κ2) is 10.5. The molecule has 12 heteroatoms. The summed E-state index contributed by atoms with van der Waals surface area (Å²) in [6.07, 6.45) is 1.01. The Morgan fingerprint density at radius 2 is 1.94 bits per heavy atom. The third kappa shape index (κ3) is 5.46. The topological polar surface area (TPSA) is 150 Å². The highest BCUT2D eigenvalue weighted by Gasteiger charge is 2.26. The summed E-state index contributed by atoms with van der Waals surface area (Å²) in [7, 11) is 0. The fraction of sp³-hybridized carbons (Fsp3) is 0.455. The summed E-state index contributed by atoms with van der Waals surface area (Å²) in [4.78, 5) is 15.1. The van der Waals surface area contributed by atoms with Crippen LogP contribution in [-0.2, 0) is 17.7 Å². The molecule has 1 aliphatic heterocycles. The molecule has 180 valence electrons. The van der Waals surface area contributed by atoms with Gasteiger partial charge < -0.3 is 10.5 Å². The van der Waals surface area contributed by atoms with Gasteiger partial charge in [-0.3, -0.25) is 9.69 Å². The number of aromatic nitrogens is 5. The molecular formula is C22H29N9O3. The van der Waals surface area contributed by atoms with E-state index in [-0.39, 0.29) is 17.3 Å². The van der Waals surface area contributed by atoms with E-state index in [1.165, 1.54) is 10.2 Å². The zero-order chi connectivity index (χ0) is 24.1. The molecule has 1 fully saturated rings. The highest BCUT2D eigenvalue weighted by atomic mass is 16.6. The van der Waals surface area contributed by atoms with Crippen molar-refractivity contribution in [2.75, 3.05) is 32.0 Å². The molecule has 0 radical (unpaired) electrons. The van der Waals surface area contributed by atoms with Crippen LogP contribution in [0.1, 0.15) is 48.1 Å². The number of hydrazone groups is 1. The first-order chi connectivity index (χ1) is 16.4. The van der Waals surface area contributed by atoms with Crippen molar-refractivity contribution < 1.29 is 14.2 Å². The van der Waals surface area contributed by atoms with Crippen LogP contribution in [0.2, 0.25) is 0 Å². The average molecular weight is 468 g/mol. The third-order valence-corrected chi connectivity index (χ3v) is 5.49. The number of nitrogens with zero attached hydrogens (tertiary/aromatic N) is 7. The fourth-order valence-corrected chi connectivity index (χ4v) is 3.70. The number of morpholine rings is 1. The summed E-state index contributed by atoms with van der Waals surface area (Å²) in [5.74, 6) is 0.328. The van der Waals surface area contributed by atoms with Crippen molar-refractivity contribution in [2.24, 2.45) is 11.0 Å². The van der Waals surface area contributed by atoms with Crippen molar-refractivity contribution >= 4 is 17.4 Å². The third-order valence-electron chi connectivity index (χ3n) is 5.49. The van der Waals surface area contributed by atoms with Gasteiger partial charge in [-0.25, -0.2) is 10.1 Å². The molecule has 4 rings (SSSR count). The zero-order valence-electron chi connectivity index (χ0n) is 19.6. The van der Waals surface area contributed by atoms with Crippen LogP contribution < -0.4 is 11.2 Å². The Morgan fingerprint density at radius 3 is 2.59 bits per heavy atom. The molecule has 1 aromatic carbocycles. The molecule has 0 atom stereocenters. The number of nitrogens with one attached hydrogen (secondary N) is 1. The van der Waals surface area contributed by atoms with Crippen LogP contribution in [0.4, 0.5) is 5.82 Å². The van der Waals surface area contributed by atoms with Crippen molar-refractivity contribution in [2.45, 2.75) is 33.7 Å². The zero-order valence-corrected chi connectivity index (χ0v) is 19.6. The normalized spacial score (nSPS) is 15.1. The van der Waals surface area contributed by atoms with Crippen LogP contribution in [0.15, 0.2) is 34.0 Å². The summed E-state index contributed by atoms with van der Waals surface area (Å²) in [5, 5.41) is 19.8. The fourth-order valence-electron chi connectivity index (χ4n) is 3.70. The van der Waals surface area contributed by atoms with Crippen LogP contribution >= 0.6 is 0 Å². The SMILES string of the molecule is C/C(=N/NC(=O)c1nnn(-c2nonc2N)c1CN1CCOCC1)c1ccc(CC(C)C)cc1. The van der Waals surface area contributed by atoms with Crippen LogP contribution in [0.3, 0.4) is 0 Å². The van der Waals surface area contributed by atoms with E-state index >= 15 is 0 Å². The van der Waals surface area contributed by atoms with E-state index in [9.17, 15) is 4.79 Å². The van der Waals surface area contributed by atoms with Gasteiger partial charge in [-0.15, -0.1) is 5.10 Å². The van der Waals surface area contributed by atoms with Gasteiger partial charge in [0.25, 0.3) is 5.91 Å². The quantitative estimate of drug-likeness (QED) is 0.370. The average Bonchev–Trinajstić information content (AvgIpc) is 3.43. The number of benzene rings is 1. The predicted octanol–water partition coefficient (Wildman–Crippen LogP) is 1.42. The summed E-state index contributed by atoms with van der Waals surface area (Å²) in [6.45, 7) is 9.24. The maximum absolute atomic E-state index is 13.0. The Balaban J connectivity index is 1.54. The van der Waals surface area contributed by atoms with Crippen molar-refractivity contribution in [1.29, 1.82) is 0 Å². The van der Waals surface area contributed by atoms with Gasteiger partial charge in [-0.1, -0.05) is 43.3 Å². The number of carbonyl (C=O) groups is 1. The van der Waals surface area contributed by atoms with Crippen molar-refractivity contribution in [3.63, 3.8) is 0 Å². The van der Waals surface area contributed by atoms with Crippen molar-refractivity contribution in [3.8, 4) is 5.82 Å². The summed E-state index contributed by atoms with van der Waals surface area (Å²) >= 11 is 0.